The minimum atomic E-state index is -0.296. The van der Waals surface area contributed by atoms with Crippen LogP contribution in [0.5, 0.6) is 0 Å². The molecule has 0 aromatic heterocycles. The average Bonchev–Trinajstić information content (AvgIpc) is 2.78. The number of hydrogen-bond acceptors (Lipinski definition) is 4. The summed E-state index contributed by atoms with van der Waals surface area (Å²) in [5, 5.41) is 19.9. The van der Waals surface area contributed by atoms with Crippen LogP contribution >= 0.6 is 0 Å². The highest BCUT2D eigenvalue weighted by Gasteiger charge is 2.37. The van der Waals surface area contributed by atoms with Gasteiger partial charge in [0.25, 0.3) is 0 Å². The van der Waals surface area contributed by atoms with Gasteiger partial charge in [-0.2, -0.15) is 0 Å². The summed E-state index contributed by atoms with van der Waals surface area (Å²) in [5.74, 6) is 0. The summed E-state index contributed by atoms with van der Waals surface area (Å²) >= 11 is 0. The van der Waals surface area contributed by atoms with Crippen LogP contribution in [0.2, 0.25) is 0 Å². The first kappa shape index (κ1) is 16.4. The normalized spacial score (nSPS) is 26.2. The van der Waals surface area contributed by atoms with E-state index >= 15 is 0 Å². The zero-order valence-electron chi connectivity index (χ0n) is 13.4. The maximum absolute atomic E-state index is 10.0. The highest BCUT2D eigenvalue weighted by molar-refractivity contribution is 5.25. The van der Waals surface area contributed by atoms with Crippen molar-refractivity contribution in [2.75, 3.05) is 40.3 Å². The first-order chi connectivity index (χ1) is 9.94. The molecule has 4 nitrogen and oxygen atoms in total. The Kier molecular flexibility index (Phi) is 5.38. The van der Waals surface area contributed by atoms with Gasteiger partial charge in [0.15, 0.2) is 0 Å². The second kappa shape index (κ2) is 6.88. The molecule has 2 N–H and O–H groups in total. The predicted octanol–water partition coefficient (Wildman–Crippen LogP) is 0.933. The van der Waals surface area contributed by atoms with Crippen molar-refractivity contribution in [2.24, 2.45) is 0 Å². The number of likely N-dealkylation sites (N-methyl/N-ethyl adjacent to an activating group) is 1. The fourth-order valence-electron chi connectivity index (χ4n) is 3.28. The van der Waals surface area contributed by atoms with E-state index in [4.69, 9.17) is 0 Å². The minimum absolute atomic E-state index is 0.109. The molecule has 4 heteroatoms. The summed E-state index contributed by atoms with van der Waals surface area (Å²) in [5.41, 5.74) is 0.855. The summed E-state index contributed by atoms with van der Waals surface area (Å²) in [4.78, 5) is 4.49. The summed E-state index contributed by atoms with van der Waals surface area (Å²) < 4.78 is 0. The maximum Gasteiger partial charge on any atom is 0.0682 e. The van der Waals surface area contributed by atoms with Crippen LogP contribution in [0.25, 0.3) is 0 Å². The zero-order chi connectivity index (χ0) is 15.5. The van der Waals surface area contributed by atoms with Crippen molar-refractivity contribution in [3.63, 3.8) is 0 Å². The molecule has 1 aromatic carbocycles. The number of β-amino-alcohol motifs (C(OH)–C–C–N with tert-alkyl or cyclic N) is 1. The molecule has 0 aliphatic carbocycles. The third-order valence-corrected chi connectivity index (χ3v) is 4.45. The lowest BCUT2D eigenvalue weighted by Crippen LogP contribution is -2.46. The molecule has 1 aliphatic rings. The van der Waals surface area contributed by atoms with E-state index in [1.165, 1.54) is 0 Å². The summed E-state index contributed by atoms with van der Waals surface area (Å²) in [6.45, 7) is 4.61. The van der Waals surface area contributed by atoms with Gasteiger partial charge in [-0.25, -0.2) is 0 Å². The molecule has 1 aliphatic heterocycles. The fourth-order valence-corrected chi connectivity index (χ4v) is 3.28. The van der Waals surface area contributed by atoms with Gasteiger partial charge in [0.2, 0.25) is 0 Å². The predicted molar refractivity (Wildman–Crippen MR) is 85.4 cm³/mol. The van der Waals surface area contributed by atoms with E-state index < -0.39 is 0 Å². The van der Waals surface area contributed by atoms with Gasteiger partial charge in [0.1, 0.15) is 0 Å². The molecule has 0 radical (unpaired) electrons. The largest absolute Gasteiger partial charge is 0.395 e. The Bertz CT molecular complexity index is 438. The lowest BCUT2D eigenvalue weighted by atomic mass is 9.82. The molecule has 1 heterocycles. The van der Waals surface area contributed by atoms with E-state index in [0.29, 0.717) is 12.6 Å². The monoisotopic (exact) mass is 292 g/mol. The van der Waals surface area contributed by atoms with Crippen LogP contribution < -0.4 is 0 Å². The Morgan fingerprint density at radius 2 is 1.95 bits per heavy atom. The van der Waals surface area contributed by atoms with Crippen LogP contribution in [0, 0.1) is 0 Å². The highest BCUT2D eigenvalue weighted by Crippen LogP contribution is 2.28. The van der Waals surface area contributed by atoms with Crippen molar-refractivity contribution in [2.45, 2.75) is 30.9 Å². The molecule has 0 amide bonds. The van der Waals surface area contributed by atoms with Crippen molar-refractivity contribution in [1.82, 2.24) is 9.80 Å². The molecular formula is C17H28N2O2. The van der Waals surface area contributed by atoms with Gasteiger partial charge in [-0.05, 0) is 26.1 Å². The Balaban J connectivity index is 2.13. The van der Waals surface area contributed by atoms with Gasteiger partial charge in [0, 0.05) is 31.1 Å². The summed E-state index contributed by atoms with van der Waals surface area (Å²) in [6.07, 6.45) is 0.558. The van der Waals surface area contributed by atoms with Crippen molar-refractivity contribution < 1.29 is 10.2 Å². The molecule has 0 saturated carbocycles. The van der Waals surface area contributed by atoms with Gasteiger partial charge >= 0.3 is 0 Å². The molecule has 3 unspecified atom stereocenters. The maximum atomic E-state index is 10.0. The van der Waals surface area contributed by atoms with Crippen molar-refractivity contribution in [3.05, 3.63) is 35.9 Å². The Hall–Kier alpha value is -0.940. The van der Waals surface area contributed by atoms with E-state index in [2.05, 4.69) is 43.0 Å². The van der Waals surface area contributed by atoms with Gasteiger partial charge in [-0.15, -0.1) is 0 Å². The zero-order valence-corrected chi connectivity index (χ0v) is 13.4. The van der Waals surface area contributed by atoms with Crippen molar-refractivity contribution in [3.8, 4) is 0 Å². The number of likely N-dealkylation sites (tertiary alicyclic amines) is 1. The summed E-state index contributed by atoms with van der Waals surface area (Å²) in [7, 11) is 4.12. The molecule has 0 bridgehead atoms. The number of aliphatic hydroxyl groups excluding tert-OH is 2. The van der Waals surface area contributed by atoms with E-state index in [1.54, 1.807) is 0 Å². The molecule has 3 atom stereocenters. The Morgan fingerprint density at radius 3 is 2.52 bits per heavy atom. The quantitative estimate of drug-likeness (QED) is 0.819. The van der Waals surface area contributed by atoms with Gasteiger partial charge < -0.3 is 15.1 Å². The van der Waals surface area contributed by atoms with Crippen LogP contribution in [-0.2, 0) is 5.41 Å². The molecule has 21 heavy (non-hydrogen) atoms. The van der Waals surface area contributed by atoms with Crippen LogP contribution in [0.15, 0.2) is 30.3 Å². The van der Waals surface area contributed by atoms with E-state index in [-0.39, 0.29) is 18.1 Å². The van der Waals surface area contributed by atoms with Crippen molar-refractivity contribution in [1.29, 1.82) is 0 Å². The molecule has 118 valence electrons. The molecule has 1 aromatic rings. The molecule has 1 fully saturated rings. The topological polar surface area (TPSA) is 46.9 Å². The van der Waals surface area contributed by atoms with Crippen molar-refractivity contribution >= 4 is 0 Å². The standard InChI is InChI=1S/C17H28N2O2/c1-17(13-20,14-7-5-4-6-8-14)12-19-11-16(21)9-15(19)10-18(2)3/h4-8,15-16,20-21H,9-13H2,1-3H3. The first-order valence-corrected chi connectivity index (χ1v) is 7.68. The number of aliphatic hydroxyl groups is 2. The highest BCUT2D eigenvalue weighted by atomic mass is 16.3. The minimum Gasteiger partial charge on any atom is -0.395 e. The Labute approximate surface area is 128 Å². The van der Waals surface area contributed by atoms with Crippen LogP contribution in [0.4, 0.5) is 0 Å². The second-order valence-electron chi connectivity index (χ2n) is 6.82. The molecular weight excluding hydrogens is 264 g/mol. The first-order valence-electron chi connectivity index (χ1n) is 7.68. The van der Waals surface area contributed by atoms with E-state index in [9.17, 15) is 10.2 Å². The van der Waals surface area contributed by atoms with Crippen LogP contribution in [0.3, 0.4) is 0 Å². The van der Waals surface area contributed by atoms with Gasteiger partial charge in [-0.1, -0.05) is 37.3 Å². The lowest BCUT2D eigenvalue weighted by Gasteiger charge is -2.36. The van der Waals surface area contributed by atoms with E-state index in [1.807, 2.05) is 18.2 Å². The molecule has 0 spiro atoms. The molecule has 1 saturated heterocycles. The third-order valence-electron chi connectivity index (χ3n) is 4.45. The number of benzene rings is 1. The third kappa shape index (κ3) is 4.04. The smallest absolute Gasteiger partial charge is 0.0682 e. The average molecular weight is 292 g/mol. The van der Waals surface area contributed by atoms with E-state index in [0.717, 1.165) is 25.1 Å². The second-order valence-corrected chi connectivity index (χ2v) is 6.82. The van der Waals surface area contributed by atoms with Crippen LogP contribution in [-0.4, -0.2) is 72.5 Å². The number of rotatable bonds is 6. The lowest BCUT2D eigenvalue weighted by molar-refractivity contribution is 0.117. The van der Waals surface area contributed by atoms with Gasteiger partial charge in [-0.3, -0.25) is 4.90 Å². The van der Waals surface area contributed by atoms with Crippen LogP contribution in [0.1, 0.15) is 18.9 Å². The molecule has 2 rings (SSSR count). The SMILES string of the molecule is CN(C)CC1CC(O)CN1CC(C)(CO)c1ccccc1. The number of nitrogens with zero attached hydrogens (tertiary/aromatic N) is 2. The van der Waals surface area contributed by atoms with Gasteiger partial charge in [0.05, 0.1) is 12.7 Å². The number of hydrogen-bond donors (Lipinski definition) is 2. The Morgan fingerprint density at radius 1 is 1.29 bits per heavy atom. The summed E-state index contributed by atoms with van der Waals surface area (Å²) in [6, 6.07) is 10.5. The fraction of sp³-hybridized carbons (Fsp3) is 0.647.